The van der Waals surface area contributed by atoms with Crippen LogP contribution in [0.1, 0.15) is 18.4 Å². The third-order valence-electron chi connectivity index (χ3n) is 4.26. The number of carbonyl (C=O) groups excluding carboxylic acids is 1. The summed E-state index contributed by atoms with van der Waals surface area (Å²) >= 11 is 6.05. The second-order valence-electron chi connectivity index (χ2n) is 5.72. The van der Waals surface area contributed by atoms with Gasteiger partial charge in [-0.05, 0) is 48.7 Å². The van der Waals surface area contributed by atoms with Crippen molar-refractivity contribution in [2.24, 2.45) is 0 Å². The molecule has 22 heavy (non-hydrogen) atoms. The lowest BCUT2D eigenvalue weighted by Gasteiger charge is -2.16. The van der Waals surface area contributed by atoms with Gasteiger partial charge >= 0.3 is 0 Å². The van der Waals surface area contributed by atoms with Gasteiger partial charge in [-0.15, -0.1) is 0 Å². The molecule has 1 aliphatic carbocycles. The minimum Gasteiger partial charge on any atom is -0.325 e. The third kappa shape index (κ3) is 2.16. The van der Waals surface area contributed by atoms with Crippen LogP contribution in [0.4, 0.5) is 5.69 Å². The van der Waals surface area contributed by atoms with Crippen molar-refractivity contribution in [3.05, 3.63) is 59.2 Å². The summed E-state index contributed by atoms with van der Waals surface area (Å²) in [7, 11) is 0. The summed E-state index contributed by atoms with van der Waals surface area (Å²) in [5, 5.41) is 11.6. The lowest BCUT2D eigenvalue weighted by Crippen LogP contribution is -2.27. The van der Waals surface area contributed by atoms with E-state index in [1.54, 1.807) is 6.20 Å². The number of fused-ring (bicyclic) bond motifs is 1. The SMILES string of the molecule is O=C(Nc1ccc2cn[nH]c2c1)C1(c2cccc(Cl)c2)CC1. The molecule has 5 heteroatoms. The molecule has 4 rings (SSSR count). The predicted octanol–water partition coefficient (Wildman–Crippen LogP) is 3.89. The lowest BCUT2D eigenvalue weighted by molar-refractivity contribution is -0.118. The van der Waals surface area contributed by atoms with Crippen LogP contribution < -0.4 is 5.32 Å². The van der Waals surface area contributed by atoms with E-state index in [0.29, 0.717) is 5.02 Å². The highest BCUT2D eigenvalue weighted by atomic mass is 35.5. The van der Waals surface area contributed by atoms with Crippen molar-refractivity contribution in [2.45, 2.75) is 18.3 Å². The van der Waals surface area contributed by atoms with Gasteiger partial charge in [0.2, 0.25) is 5.91 Å². The van der Waals surface area contributed by atoms with Crippen molar-refractivity contribution in [2.75, 3.05) is 5.32 Å². The summed E-state index contributed by atoms with van der Waals surface area (Å²) in [6.45, 7) is 0. The number of amides is 1. The zero-order valence-electron chi connectivity index (χ0n) is 11.8. The van der Waals surface area contributed by atoms with Crippen LogP contribution in [-0.2, 0) is 10.2 Å². The van der Waals surface area contributed by atoms with Gasteiger partial charge in [0.15, 0.2) is 0 Å². The maximum absolute atomic E-state index is 12.7. The first-order valence-electron chi connectivity index (χ1n) is 7.18. The van der Waals surface area contributed by atoms with E-state index in [1.165, 1.54) is 0 Å². The summed E-state index contributed by atoms with van der Waals surface area (Å²) in [6.07, 6.45) is 3.46. The number of hydrogen-bond acceptors (Lipinski definition) is 2. The van der Waals surface area contributed by atoms with Crippen molar-refractivity contribution in [1.82, 2.24) is 10.2 Å². The van der Waals surface area contributed by atoms with Crippen LogP contribution in [0.2, 0.25) is 5.02 Å². The van der Waals surface area contributed by atoms with E-state index in [2.05, 4.69) is 15.5 Å². The average Bonchev–Trinajstić information content (AvgIpc) is 3.20. The van der Waals surface area contributed by atoms with Crippen LogP contribution in [-0.4, -0.2) is 16.1 Å². The summed E-state index contributed by atoms with van der Waals surface area (Å²) in [5.74, 6) is 0.0219. The molecular weight excluding hydrogens is 298 g/mol. The Morgan fingerprint density at radius 3 is 2.86 bits per heavy atom. The second-order valence-corrected chi connectivity index (χ2v) is 6.16. The molecule has 0 spiro atoms. The van der Waals surface area contributed by atoms with E-state index in [4.69, 9.17) is 11.6 Å². The van der Waals surface area contributed by atoms with Crippen molar-refractivity contribution in [3.8, 4) is 0 Å². The Bertz CT molecular complexity index is 867. The molecule has 0 radical (unpaired) electrons. The number of aromatic nitrogens is 2. The van der Waals surface area contributed by atoms with Gasteiger partial charge in [0.05, 0.1) is 17.1 Å². The molecule has 1 amide bonds. The molecule has 0 aliphatic heterocycles. The standard InChI is InChI=1S/C17H14ClN3O/c18-13-3-1-2-12(8-13)17(6-7-17)16(22)20-14-5-4-11-10-19-21-15(11)9-14/h1-5,8-10H,6-7H2,(H,19,21)(H,20,22). The largest absolute Gasteiger partial charge is 0.325 e. The maximum atomic E-state index is 12.7. The van der Waals surface area contributed by atoms with Gasteiger partial charge in [0.25, 0.3) is 0 Å². The number of nitrogens with zero attached hydrogens (tertiary/aromatic N) is 1. The Kier molecular flexibility index (Phi) is 2.94. The number of aromatic amines is 1. The Hall–Kier alpha value is -2.33. The minimum atomic E-state index is -0.437. The zero-order valence-corrected chi connectivity index (χ0v) is 12.5. The molecule has 3 aromatic rings. The van der Waals surface area contributed by atoms with Crippen LogP contribution in [0, 0.1) is 0 Å². The fraction of sp³-hybridized carbons (Fsp3) is 0.176. The van der Waals surface area contributed by atoms with E-state index in [0.717, 1.165) is 35.0 Å². The molecule has 4 nitrogen and oxygen atoms in total. The van der Waals surface area contributed by atoms with E-state index < -0.39 is 5.41 Å². The van der Waals surface area contributed by atoms with E-state index in [9.17, 15) is 4.79 Å². The Morgan fingerprint density at radius 1 is 1.23 bits per heavy atom. The van der Waals surface area contributed by atoms with Crippen molar-refractivity contribution >= 4 is 34.1 Å². The number of H-pyrrole nitrogens is 1. The average molecular weight is 312 g/mol. The molecule has 110 valence electrons. The van der Waals surface area contributed by atoms with Gasteiger partial charge in [-0.2, -0.15) is 5.10 Å². The lowest BCUT2D eigenvalue weighted by atomic mass is 9.95. The van der Waals surface area contributed by atoms with E-state index >= 15 is 0 Å². The molecule has 0 bridgehead atoms. The third-order valence-corrected chi connectivity index (χ3v) is 4.50. The van der Waals surface area contributed by atoms with Crippen molar-refractivity contribution < 1.29 is 4.79 Å². The quantitative estimate of drug-likeness (QED) is 0.771. The summed E-state index contributed by atoms with van der Waals surface area (Å²) in [6, 6.07) is 13.3. The molecule has 2 N–H and O–H groups in total. The fourth-order valence-electron chi connectivity index (χ4n) is 2.82. The summed E-state index contributed by atoms with van der Waals surface area (Å²) < 4.78 is 0. The topological polar surface area (TPSA) is 57.8 Å². The zero-order chi connectivity index (χ0) is 15.2. The van der Waals surface area contributed by atoms with Gasteiger partial charge in [-0.3, -0.25) is 9.89 Å². The molecule has 0 unspecified atom stereocenters. The maximum Gasteiger partial charge on any atom is 0.235 e. The van der Waals surface area contributed by atoms with Crippen molar-refractivity contribution in [1.29, 1.82) is 0 Å². The molecule has 2 aromatic carbocycles. The number of hydrogen-bond donors (Lipinski definition) is 2. The fourth-order valence-corrected chi connectivity index (χ4v) is 3.01. The van der Waals surface area contributed by atoms with E-state index in [1.807, 2.05) is 42.5 Å². The van der Waals surface area contributed by atoms with Gasteiger partial charge in [-0.1, -0.05) is 23.7 Å². The van der Waals surface area contributed by atoms with Gasteiger partial charge in [-0.25, -0.2) is 0 Å². The molecule has 1 aliphatic rings. The normalized spacial score (nSPS) is 15.7. The molecular formula is C17H14ClN3O. The van der Waals surface area contributed by atoms with Gasteiger partial charge in [0.1, 0.15) is 0 Å². The van der Waals surface area contributed by atoms with Crippen LogP contribution in [0.15, 0.2) is 48.7 Å². The second kappa shape index (κ2) is 4.85. The Balaban J connectivity index is 1.61. The first kappa shape index (κ1) is 13.3. The monoisotopic (exact) mass is 311 g/mol. The van der Waals surface area contributed by atoms with Crippen molar-refractivity contribution in [3.63, 3.8) is 0 Å². The number of benzene rings is 2. The molecule has 1 aromatic heterocycles. The molecule has 0 atom stereocenters. The van der Waals surface area contributed by atoms with Gasteiger partial charge in [0, 0.05) is 16.1 Å². The van der Waals surface area contributed by atoms with Crippen LogP contribution in [0.5, 0.6) is 0 Å². The van der Waals surface area contributed by atoms with Crippen LogP contribution in [0.25, 0.3) is 10.9 Å². The number of carbonyl (C=O) groups is 1. The highest BCUT2D eigenvalue weighted by Crippen LogP contribution is 2.49. The molecule has 1 saturated carbocycles. The smallest absolute Gasteiger partial charge is 0.235 e. The number of halogens is 1. The van der Waals surface area contributed by atoms with Gasteiger partial charge < -0.3 is 5.32 Å². The molecule has 1 heterocycles. The highest BCUT2D eigenvalue weighted by Gasteiger charge is 2.51. The summed E-state index contributed by atoms with van der Waals surface area (Å²) in [4.78, 5) is 12.7. The van der Waals surface area contributed by atoms with Crippen LogP contribution in [0.3, 0.4) is 0 Å². The summed E-state index contributed by atoms with van der Waals surface area (Å²) in [5.41, 5.74) is 2.23. The predicted molar refractivity (Wildman–Crippen MR) is 87.1 cm³/mol. The first-order chi connectivity index (χ1) is 10.7. The number of rotatable bonds is 3. The van der Waals surface area contributed by atoms with E-state index in [-0.39, 0.29) is 5.91 Å². The number of nitrogens with one attached hydrogen (secondary N) is 2. The Morgan fingerprint density at radius 2 is 2.09 bits per heavy atom. The number of anilines is 1. The van der Waals surface area contributed by atoms with Crippen LogP contribution >= 0.6 is 11.6 Å². The minimum absolute atomic E-state index is 0.0219. The Labute approximate surface area is 132 Å². The molecule has 0 saturated heterocycles. The highest BCUT2D eigenvalue weighted by molar-refractivity contribution is 6.30. The first-order valence-corrected chi connectivity index (χ1v) is 7.56. The molecule has 1 fully saturated rings.